The van der Waals surface area contributed by atoms with Gasteiger partial charge in [0.05, 0.1) is 24.1 Å². The SMILES string of the molecule is CC1CN(Cc2ccc(C(=O)Nc3ccc(OC(=O)N(C)c4ccccc4)nc3)cc2)CC(C)O1. The van der Waals surface area contributed by atoms with Crippen molar-refractivity contribution in [3.8, 4) is 5.88 Å². The minimum absolute atomic E-state index is 0.145. The van der Waals surface area contributed by atoms with Gasteiger partial charge in [-0.1, -0.05) is 30.3 Å². The van der Waals surface area contributed by atoms with Crippen molar-refractivity contribution in [2.75, 3.05) is 30.4 Å². The van der Waals surface area contributed by atoms with Gasteiger partial charge in [0, 0.05) is 44.0 Å². The minimum Gasteiger partial charge on any atom is -0.391 e. The predicted molar refractivity (Wildman–Crippen MR) is 135 cm³/mol. The molecule has 0 bridgehead atoms. The number of morpholine rings is 1. The molecular weight excluding hydrogens is 444 g/mol. The van der Waals surface area contributed by atoms with Crippen molar-refractivity contribution in [1.82, 2.24) is 9.88 Å². The Morgan fingerprint density at radius 2 is 1.71 bits per heavy atom. The molecule has 8 nitrogen and oxygen atoms in total. The van der Waals surface area contributed by atoms with Crippen LogP contribution in [-0.2, 0) is 11.3 Å². The molecule has 1 aliphatic heterocycles. The average molecular weight is 475 g/mol. The molecule has 4 rings (SSSR count). The summed E-state index contributed by atoms with van der Waals surface area (Å²) >= 11 is 0. The molecule has 2 aromatic carbocycles. The number of hydrogen-bond donors (Lipinski definition) is 1. The molecule has 2 heterocycles. The lowest BCUT2D eigenvalue weighted by atomic mass is 10.1. The molecule has 0 radical (unpaired) electrons. The number of carbonyl (C=O) groups is 2. The molecule has 2 amide bonds. The molecule has 0 aliphatic carbocycles. The van der Waals surface area contributed by atoms with E-state index in [4.69, 9.17) is 9.47 Å². The predicted octanol–water partition coefficient (Wildman–Crippen LogP) is 4.58. The lowest BCUT2D eigenvalue weighted by molar-refractivity contribution is -0.0704. The second kappa shape index (κ2) is 11.1. The number of ether oxygens (including phenoxy) is 2. The van der Waals surface area contributed by atoms with E-state index in [9.17, 15) is 9.59 Å². The lowest BCUT2D eigenvalue weighted by Gasteiger charge is -2.35. The number of nitrogens with zero attached hydrogens (tertiary/aromatic N) is 3. The van der Waals surface area contributed by atoms with Gasteiger partial charge in [-0.15, -0.1) is 0 Å². The zero-order valence-corrected chi connectivity index (χ0v) is 20.2. The highest BCUT2D eigenvalue weighted by Crippen LogP contribution is 2.18. The smallest absolute Gasteiger partial charge is 0.391 e. The van der Waals surface area contributed by atoms with Crippen molar-refractivity contribution in [2.45, 2.75) is 32.6 Å². The summed E-state index contributed by atoms with van der Waals surface area (Å²) in [5.74, 6) is -0.0904. The van der Waals surface area contributed by atoms with E-state index in [1.165, 1.54) is 11.1 Å². The van der Waals surface area contributed by atoms with Crippen LogP contribution < -0.4 is 15.0 Å². The normalized spacial score (nSPS) is 18.0. The zero-order chi connectivity index (χ0) is 24.8. The van der Waals surface area contributed by atoms with Crippen molar-refractivity contribution in [1.29, 1.82) is 0 Å². The Morgan fingerprint density at radius 3 is 2.34 bits per heavy atom. The Kier molecular flexibility index (Phi) is 7.74. The molecule has 2 unspecified atom stereocenters. The average Bonchev–Trinajstić information content (AvgIpc) is 2.85. The number of rotatable bonds is 6. The van der Waals surface area contributed by atoms with E-state index in [1.807, 2.05) is 54.6 Å². The summed E-state index contributed by atoms with van der Waals surface area (Å²) in [5.41, 5.74) is 2.92. The molecule has 1 saturated heterocycles. The molecule has 2 atom stereocenters. The van der Waals surface area contributed by atoms with Crippen LogP contribution in [0.25, 0.3) is 0 Å². The van der Waals surface area contributed by atoms with Crippen molar-refractivity contribution in [3.63, 3.8) is 0 Å². The molecular formula is C27H30N4O4. The Labute approximate surface area is 205 Å². The van der Waals surface area contributed by atoms with Gasteiger partial charge < -0.3 is 14.8 Å². The van der Waals surface area contributed by atoms with Gasteiger partial charge in [0.15, 0.2) is 0 Å². The van der Waals surface area contributed by atoms with Crippen LogP contribution in [0.4, 0.5) is 16.2 Å². The molecule has 0 spiro atoms. The number of nitrogens with one attached hydrogen (secondary N) is 1. The number of amides is 2. The van der Waals surface area contributed by atoms with Crippen LogP contribution in [0.2, 0.25) is 0 Å². The monoisotopic (exact) mass is 474 g/mol. The molecule has 0 saturated carbocycles. The van der Waals surface area contributed by atoms with Crippen molar-refractivity contribution in [2.24, 2.45) is 0 Å². The number of hydrogen-bond acceptors (Lipinski definition) is 6. The van der Waals surface area contributed by atoms with Crippen molar-refractivity contribution >= 4 is 23.4 Å². The van der Waals surface area contributed by atoms with E-state index < -0.39 is 6.09 Å². The highest BCUT2D eigenvalue weighted by Gasteiger charge is 2.22. The fraction of sp³-hybridized carbons (Fsp3) is 0.296. The Morgan fingerprint density at radius 1 is 1.03 bits per heavy atom. The molecule has 1 N–H and O–H groups in total. The summed E-state index contributed by atoms with van der Waals surface area (Å²) in [4.78, 5) is 32.9. The number of benzene rings is 2. The maximum atomic E-state index is 12.7. The first-order valence-electron chi connectivity index (χ1n) is 11.6. The van der Waals surface area contributed by atoms with Crippen molar-refractivity contribution < 1.29 is 19.1 Å². The standard InChI is InChI=1S/C27H30N4O4/c1-19-16-31(17-20(2)34-19)18-21-9-11-22(12-10-21)26(32)29-23-13-14-25(28-15-23)35-27(33)30(3)24-7-5-4-6-8-24/h4-15,19-20H,16-18H2,1-3H3,(H,29,32). The Balaban J connectivity index is 1.30. The molecule has 3 aromatic rings. The number of carbonyl (C=O) groups excluding carboxylic acids is 2. The Bertz CT molecular complexity index is 1130. The number of aromatic nitrogens is 1. The van der Waals surface area contributed by atoms with Gasteiger partial charge in [0.2, 0.25) is 5.88 Å². The number of pyridine rings is 1. The van der Waals surface area contributed by atoms with E-state index in [1.54, 1.807) is 19.2 Å². The van der Waals surface area contributed by atoms with E-state index in [-0.39, 0.29) is 24.0 Å². The van der Waals surface area contributed by atoms with Gasteiger partial charge in [-0.25, -0.2) is 9.78 Å². The van der Waals surface area contributed by atoms with Crippen LogP contribution in [0.1, 0.15) is 29.8 Å². The maximum absolute atomic E-state index is 12.7. The third-order valence-electron chi connectivity index (χ3n) is 5.72. The lowest BCUT2D eigenvalue weighted by Crippen LogP contribution is -2.44. The summed E-state index contributed by atoms with van der Waals surface area (Å²) in [6.07, 6.45) is 1.34. The van der Waals surface area contributed by atoms with E-state index in [2.05, 4.69) is 29.0 Å². The van der Waals surface area contributed by atoms with Crippen LogP contribution in [0, 0.1) is 0 Å². The van der Waals surface area contributed by atoms with E-state index in [0.717, 1.165) is 25.2 Å². The van der Waals surface area contributed by atoms with Gasteiger partial charge in [0.25, 0.3) is 5.91 Å². The second-order valence-electron chi connectivity index (χ2n) is 8.75. The summed E-state index contributed by atoms with van der Waals surface area (Å²) < 4.78 is 11.1. The third-order valence-corrected chi connectivity index (χ3v) is 5.72. The fourth-order valence-corrected chi connectivity index (χ4v) is 4.07. The summed E-state index contributed by atoms with van der Waals surface area (Å²) in [5, 5.41) is 2.82. The van der Waals surface area contributed by atoms with Gasteiger partial charge in [0.1, 0.15) is 0 Å². The zero-order valence-electron chi connectivity index (χ0n) is 20.2. The van der Waals surface area contributed by atoms with E-state index >= 15 is 0 Å². The first kappa shape index (κ1) is 24.4. The molecule has 1 aliphatic rings. The first-order valence-corrected chi connectivity index (χ1v) is 11.6. The highest BCUT2D eigenvalue weighted by molar-refractivity contribution is 6.04. The topological polar surface area (TPSA) is 84.0 Å². The van der Waals surface area contributed by atoms with Gasteiger partial charge in [-0.2, -0.15) is 0 Å². The van der Waals surface area contributed by atoms with Gasteiger partial charge in [-0.3, -0.25) is 14.6 Å². The minimum atomic E-state index is -0.554. The van der Waals surface area contributed by atoms with Crippen molar-refractivity contribution in [3.05, 3.63) is 84.1 Å². The summed E-state index contributed by atoms with van der Waals surface area (Å²) in [6, 6.07) is 20.0. The third kappa shape index (κ3) is 6.65. The fourth-order valence-electron chi connectivity index (χ4n) is 4.07. The van der Waals surface area contributed by atoms with Crippen LogP contribution in [0.3, 0.4) is 0 Å². The van der Waals surface area contributed by atoms with Crippen LogP contribution in [0.5, 0.6) is 5.88 Å². The van der Waals surface area contributed by atoms with Crippen LogP contribution in [0.15, 0.2) is 72.9 Å². The molecule has 8 heteroatoms. The van der Waals surface area contributed by atoms with E-state index in [0.29, 0.717) is 16.9 Å². The first-order chi connectivity index (χ1) is 16.9. The summed E-state index contributed by atoms with van der Waals surface area (Å²) in [6.45, 7) is 6.79. The number of anilines is 2. The molecule has 182 valence electrons. The Hall–Kier alpha value is -3.75. The van der Waals surface area contributed by atoms with Gasteiger partial charge in [-0.05, 0) is 49.7 Å². The molecule has 1 aromatic heterocycles. The second-order valence-corrected chi connectivity index (χ2v) is 8.75. The van der Waals surface area contributed by atoms with Crippen LogP contribution >= 0.6 is 0 Å². The van der Waals surface area contributed by atoms with Gasteiger partial charge >= 0.3 is 6.09 Å². The largest absolute Gasteiger partial charge is 0.420 e. The quantitative estimate of drug-likeness (QED) is 0.563. The summed E-state index contributed by atoms with van der Waals surface area (Å²) in [7, 11) is 1.62. The molecule has 35 heavy (non-hydrogen) atoms. The van der Waals surface area contributed by atoms with Crippen LogP contribution in [-0.4, -0.2) is 54.2 Å². The molecule has 1 fully saturated rings. The number of para-hydroxylation sites is 1. The highest BCUT2D eigenvalue weighted by atomic mass is 16.6. The maximum Gasteiger partial charge on any atom is 0.420 e.